The number of hydrogen-bond acceptors (Lipinski definition) is 4. The highest BCUT2D eigenvalue weighted by molar-refractivity contribution is 7.84. The SMILES string of the molecule is CCC(NS(=O)C(C)(C)C)(c1ccc(C(F)(F)F)c(Cl)c1)c1c2cnn(C3CC3)c(=O)c2nn1C. The van der Waals surface area contributed by atoms with Gasteiger partial charge in [0.1, 0.15) is 0 Å². The van der Waals surface area contributed by atoms with Crippen LogP contribution in [0.3, 0.4) is 0 Å². The Labute approximate surface area is 208 Å². The molecule has 1 fully saturated rings. The first kappa shape index (κ1) is 25.8. The fourth-order valence-electron chi connectivity index (χ4n) is 4.20. The maximum absolute atomic E-state index is 13.4. The first-order chi connectivity index (χ1) is 16.2. The number of rotatable bonds is 6. The van der Waals surface area contributed by atoms with Crippen LogP contribution in [0.15, 0.2) is 29.2 Å². The van der Waals surface area contributed by atoms with Crippen molar-refractivity contribution in [3.63, 3.8) is 0 Å². The Morgan fingerprint density at radius 1 is 1.23 bits per heavy atom. The summed E-state index contributed by atoms with van der Waals surface area (Å²) in [5.74, 6) is 0. The van der Waals surface area contributed by atoms with Crippen molar-refractivity contribution in [2.45, 2.75) is 69.5 Å². The second-order valence-electron chi connectivity index (χ2n) is 9.79. The van der Waals surface area contributed by atoms with E-state index in [-0.39, 0.29) is 23.5 Å². The van der Waals surface area contributed by atoms with Gasteiger partial charge in [-0.05, 0) is 57.7 Å². The predicted molar refractivity (Wildman–Crippen MR) is 130 cm³/mol. The lowest BCUT2D eigenvalue weighted by atomic mass is 9.83. The van der Waals surface area contributed by atoms with Crippen molar-refractivity contribution in [1.29, 1.82) is 0 Å². The lowest BCUT2D eigenvalue weighted by molar-refractivity contribution is -0.137. The minimum atomic E-state index is -4.62. The Balaban J connectivity index is 2.00. The summed E-state index contributed by atoms with van der Waals surface area (Å²) in [6, 6.07) is 3.52. The zero-order valence-electron chi connectivity index (χ0n) is 20.0. The Kier molecular flexibility index (Phi) is 6.43. The molecule has 2 aromatic heterocycles. The maximum atomic E-state index is 13.4. The van der Waals surface area contributed by atoms with Gasteiger partial charge in [0, 0.05) is 7.05 Å². The van der Waals surface area contributed by atoms with Gasteiger partial charge in [0.25, 0.3) is 5.56 Å². The van der Waals surface area contributed by atoms with Crippen molar-refractivity contribution >= 4 is 33.5 Å². The number of nitrogens with one attached hydrogen (secondary N) is 1. The molecule has 1 N–H and O–H groups in total. The molecule has 0 radical (unpaired) electrons. The minimum absolute atomic E-state index is 0.0496. The van der Waals surface area contributed by atoms with E-state index >= 15 is 0 Å². The first-order valence-corrected chi connectivity index (χ1v) is 12.8. The number of benzene rings is 1. The summed E-state index contributed by atoms with van der Waals surface area (Å²) < 4.78 is 59.0. The highest BCUT2D eigenvalue weighted by atomic mass is 35.5. The zero-order valence-corrected chi connectivity index (χ0v) is 21.6. The van der Waals surface area contributed by atoms with E-state index < -0.39 is 38.0 Å². The van der Waals surface area contributed by atoms with Crippen LogP contribution in [0, 0.1) is 0 Å². The molecule has 0 saturated heterocycles. The molecule has 0 bridgehead atoms. The topological polar surface area (TPSA) is 81.8 Å². The summed E-state index contributed by atoms with van der Waals surface area (Å²) in [4.78, 5) is 13.1. The first-order valence-electron chi connectivity index (χ1n) is 11.2. The molecule has 0 spiro atoms. The molecular weight excluding hydrogens is 503 g/mol. The molecule has 2 unspecified atom stereocenters. The van der Waals surface area contributed by atoms with Crippen molar-refractivity contribution in [3.05, 3.63) is 56.6 Å². The van der Waals surface area contributed by atoms with Gasteiger partial charge >= 0.3 is 6.18 Å². The van der Waals surface area contributed by atoms with Crippen molar-refractivity contribution in [1.82, 2.24) is 24.3 Å². The smallest absolute Gasteiger partial charge is 0.269 e. The molecule has 0 amide bonds. The molecule has 0 aliphatic heterocycles. The van der Waals surface area contributed by atoms with E-state index in [2.05, 4.69) is 14.9 Å². The van der Waals surface area contributed by atoms with Gasteiger partial charge in [-0.1, -0.05) is 24.6 Å². The molecule has 4 rings (SSSR count). The van der Waals surface area contributed by atoms with Crippen molar-refractivity contribution in [2.75, 3.05) is 0 Å². The second kappa shape index (κ2) is 8.70. The van der Waals surface area contributed by atoms with Crippen LogP contribution >= 0.6 is 11.6 Å². The number of hydrogen-bond donors (Lipinski definition) is 1. The van der Waals surface area contributed by atoms with Gasteiger partial charge in [-0.2, -0.15) is 23.4 Å². The summed E-state index contributed by atoms with van der Waals surface area (Å²) in [6.07, 6.45) is -1.06. The van der Waals surface area contributed by atoms with Crippen LogP contribution in [0.2, 0.25) is 5.02 Å². The van der Waals surface area contributed by atoms with Crippen LogP contribution in [-0.2, 0) is 29.7 Å². The van der Waals surface area contributed by atoms with Crippen LogP contribution in [0.25, 0.3) is 10.9 Å². The van der Waals surface area contributed by atoms with E-state index in [4.69, 9.17) is 11.6 Å². The van der Waals surface area contributed by atoms with Crippen LogP contribution in [0.5, 0.6) is 0 Å². The Hall–Kier alpha value is -2.24. The monoisotopic (exact) mass is 529 g/mol. The number of fused-ring (bicyclic) bond motifs is 1. The van der Waals surface area contributed by atoms with Gasteiger partial charge in [0.15, 0.2) is 5.52 Å². The third-order valence-corrected chi connectivity index (χ3v) is 8.18. The average molecular weight is 530 g/mol. The average Bonchev–Trinajstić information content (AvgIpc) is 3.53. The standard InChI is InChI=1S/C23H27ClF3N5O2S/c1-6-22(30-35(34)21(2,3)4,13-7-10-16(17(24)11-13)23(25,26)27)19-15-12-28-32(14-8-9-14)20(33)18(15)29-31(19)5/h7,10-12,14,30H,6,8-9H2,1-5H3. The van der Waals surface area contributed by atoms with Gasteiger partial charge in [0.2, 0.25) is 0 Å². The van der Waals surface area contributed by atoms with Gasteiger partial charge in [0.05, 0.1) is 55.2 Å². The van der Waals surface area contributed by atoms with Crippen molar-refractivity contribution in [3.8, 4) is 0 Å². The maximum Gasteiger partial charge on any atom is 0.417 e. The summed E-state index contributed by atoms with van der Waals surface area (Å²) in [5.41, 5.74) is -1.55. The number of halogens is 4. The van der Waals surface area contributed by atoms with Crippen LogP contribution in [-0.4, -0.2) is 28.5 Å². The quantitative estimate of drug-likeness (QED) is 0.495. The summed E-state index contributed by atoms with van der Waals surface area (Å²) in [7, 11) is 0.00767. The van der Waals surface area contributed by atoms with Gasteiger partial charge in [-0.25, -0.2) is 13.6 Å². The molecule has 1 aliphatic carbocycles. The fraction of sp³-hybridized carbons (Fsp3) is 0.522. The zero-order chi connectivity index (χ0) is 25.9. The van der Waals surface area contributed by atoms with Gasteiger partial charge in [-0.15, -0.1) is 0 Å². The molecule has 3 aromatic rings. The molecule has 7 nitrogen and oxygen atoms in total. The van der Waals surface area contributed by atoms with E-state index in [1.165, 1.54) is 21.5 Å². The molecule has 190 valence electrons. The van der Waals surface area contributed by atoms with Gasteiger partial charge in [-0.3, -0.25) is 9.48 Å². The minimum Gasteiger partial charge on any atom is -0.269 e. The summed E-state index contributed by atoms with van der Waals surface area (Å²) in [5, 5.41) is 8.77. The Bertz CT molecular complexity index is 1370. The molecule has 12 heteroatoms. The number of aromatic nitrogens is 4. The summed E-state index contributed by atoms with van der Waals surface area (Å²) >= 11 is 6.10. The molecular formula is C23H27ClF3N5O2S. The third kappa shape index (κ3) is 4.53. The summed E-state index contributed by atoms with van der Waals surface area (Å²) in [6.45, 7) is 7.17. The number of alkyl halides is 3. The number of nitrogens with zero attached hydrogens (tertiary/aromatic N) is 4. The van der Waals surface area contributed by atoms with Gasteiger partial charge < -0.3 is 0 Å². The van der Waals surface area contributed by atoms with E-state index in [1.807, 2.05) is 6.92 Å². The van der Waals surface area contributed by atoms with E-state index in [1.54, 1.807) is 34.0 Å². The molecule has 1 aliphatic rings. The molecule has 2 atom stereocenters. The second-order valence-corrected chi connectivity index (χ2v) is 12.2. The molecule has 2 heterocycles. The lowest BCUT2D eigenvalue weighted by Gasteiger charge is -2.37. The molecule has 35 heavy (non-hydrogen) atoms. The molecule has 1 saturated carbocycles. The van der Waals surface area contributed by atoms with E-state index in [0.29, 0.717) is 16.6 Å². The third-order valence-electron chi connectivity index (χ3n) is 6.22. The predicted octanol–water partition coefficient (Wildman–Crippen LogP) is 4.84. The van der Waals surface area contributed by atoms with E-state index in [0.717, 1.165) is 18.9 Å². The van der Waals surface area contributed by atoms with Crippen molar-refractivity contribution < 1.29 is 17.4 Å². The van der Waals surface area contributed by atoms with Crippen molar-refractivity contribution in [2.24, 2.45) is 7.05 Å². The highest BCUT2D eigenvalue weighted by Crippen LogP contribution is 2.42. The Morgan fingerprint density at radius 2 is 1.89 bits per heavy atom. The van der Waals surface area contributed by atoms with Crippen LogP contribution in [0.1, 0.15) is 69.8 Å². The Morgan fingerprint density at radius 3 is 2.40 bits per heavy atom. The lowest BCUT2D eigenvalue weighted by Crippen LogP contribution is -2.49. The largest absolute Gasteiger partial charge is 0.417 e. The van der Waals surface area contributed by atoms with Crippen LogP contribution < -0.4 is 10.3 Å². The van der Waals surface area contributed by atoms with Crippen LogP contribution in [0.4, 0.5) is 13.2 Å². The van der Waals surface area contributed by atoms with E-state index in [9.17, 15) is 22.2 Å². The normalized spacial score (nSPS) is 17.5. The number of aryl methyl sites for hydroxylation is 1. The fourth-order valence-corrected chi connectivity index (χ4v) is 5.47. The molecule has 1 aromatic carbocycles. The highest BCUT2D eigenvalue weighted by Gasteiger charge is 2.43.